The van der Waals surface area contributed by atoms with Crippen molar-refractivity contribution in [1.29, 1.82) is 0 Å². The van der Waals surface area contributed by atoms with Gasteiger partial charge in [-0.25, -0.2) is 0 Å². The number of hydrogen-bond acceptors (Lipinski definition) is 2. The minimum Gasteiger partial charge on any atom is -0.330 e. The topological polar surface area (TPSA) is 32.3 Å². The molecule has 102 valence electrons. The summed E-state index contributed by atoms with van der Waals surface area (Å²) >= 11 is 0. The second kappa shape index (κ2) is 7.53. The molecule has 1 N–H and O–H groups in total. The highest BCUT2D eigenvalue weighted by molar-refractivity contribution is 5.78. The standard InChI is InChI=1S/C11H21F3N2O/c1-4-9(5-2)16(8-11(12,13)14)10(17)7-15-6-3/h9,15H,4-8H2,1-3H3. The third kappa shape index (κ3) is 6.51. The smallest absolute Gasteiger partial charge is 0.330 e. The van der Waals surface area contributed by atoms with E-state index in [2.05, 4.69) is 5.32 Å². The van der Waals surface area contributed by atoms with Crippen LogP contribution in [0.5, 0.6) is 0 Å². The summed E-state index contributed by atoms with van der Waals surface area (Å²) in [6.07, 6.45) is -3.28. The second-order valence-electron chi connectivity index (χ2n) is 3.89. The van der Waals surface area contributed by atoms with E-state index in [0.29, 0.717) is 19.4 Å². The summed E-state index contributed by atoms with van der Waals surface area (Å²) in [7, 11) is 0. The average molecular weight is 254 g/mol. The van der Waals surface area contributed by atoms with Gasteiger partial charge in [0.25, 0.3) is 0 Å². The third-order valence-electron chi connectivity index (χ3n) is 2.58. The lowest BCUT2D eigenvalue weighted by Gasteiger charge is -2.31. The number of nitrogens with zero attached hydrogens (tertiary/aromatic N) is 1. The van der Waals surface area contributed by atoms with E-state index in [1.165, 1.54) is 0 Å². The van der Waals surface area contributed by atoms with Crippen LogP contribution in [0.15, 0.2) is 0 Å². The summed E-state index contributed by atoms with van der Waals surface area (Å²) in [6.45, 7) is 4.75. The molecule has 0 aliphatic carbocycles. The molecule has 3 nitrogen and oxygen atoms in total. The highest BCUT2D eigenvalue weighted by Gasteiger charge is 2.35. The maximum atomic E-state index is 12.4. The average Bonchev–Trinajstić information content (AvgIpc) is 2.24. The van der Waals surface area contributed by atoms with Crippen molar-refractivity contribution >= 4 is 5.91 Å². The number of carbonyl (C=O) groups excluding carboxylic acids is 1. The quantitative estimate of drug-likeness (QED) is 0.755. The van der Waals surface area contributed by atoms with Crippen LogP contribution in [0, 0.1) is 0 Å². The van der Waals surface area contributed by atoms with E-state index in [9.17, 15) is 18.0 Å². The molecule has 0 unspecified atom stereocenters. The number of nitrogens with one attached hydrogen (secondary N) is 1. The normalized spacial score (nSPS) is 11.9. The summed E-state index contributed by atoms with van der Waals surface area (Å²) in [5.41, 5.74) is 0. The zero-order chi connectivity index (χ0) is 13.5. The van der Waals surface area contributed by atoms with Gasteiger partial charge in [-0.2, -0.15) is 13.2 Å². The minimum absolute atomic E-state index is 0.0386. The SMILES string of the molecule is CCNCC(=O)N(CC(F)(F)F)C(CC)CC. The molecule has 0 aromatic carbocycles. The van der Waals surface area contributed by atoms with Gasteiger partial charge in [-0.15, -0.1) is 0 Å². The molecule has 1 amide bonds. The van der Waals surface area contributed by atoms with Crippen molar-refractivity contribution in [1.82, 2.24) is 10.2 Å². The van der Waals surface area contributed by atoms with Gasteiger partial charge in [-0.3, -0.25) is 4.79 Å². The fraction of sp³-hybridized carbons (Fsp3) is 0.909. The Labute approximate surface area is 100 Å². The predicted octanol–water partition coefficient (Wildman–Crippen LogP) is 2.18. The molecule has 17 heavy (non-hydrogen) atoms. The van der Waals surface area contributed by atoms with E-state index in [1.807, 2.05) is 0 Å². The van der Waals surface area contributed by atoms with E-state index in [4.69, 9.17) is 0 Å². The Morgan fingerprint density at radius 3 is 2.12 bits per heavy atom. The van der Waals surface area contributed by atoms with Gasteiger partial charge in [0.2, 0.25) is 5.91 Å². The van der Waals surface area contributed by atoms with Crippen molar-refractivity contribution in [3.8, 4) is 0 Å². The first kappa shape index (κ1) is 16.2. The highest BCUT2D eigenvalue weighted by atomic mass is 19.4. The van der Waals surface area contributed by atoms with Gasteiger partial charge in [0, 0.05) is 6.04 Å². The molecule has 0 spiro atoms. The van der Waals surface area contributed by atoms with Gasteiger partial charge in [0.15, 0.2) is 0 Å². The number of halogens is 3. The third-order valence-corrected chi connectivity index (χ3v) is 2.58. The van der Waals surface area contributed by atoms with Gasteiger partial charge >= 0.3 is 6.18 Å². The number of carbonyl (C=O) groups is 1. The Morgan fingerprint density at radius 1 is 1.24 bits per heavy atom. The van der Waals surface area contributed by atoms with Crippen LogP contribution in [-0.4, -0.2) is 42.7 Å². The molecule has 6 heteroatoms. The first-order valence-corrected chi connectivity index (χ1v) is 5.92. The fourth-order valence-electron chi connectivity index (χ4n) is 1.68. The van der Waals surface area contributed by atoms with E-state index in [1.54, 1.807) is 20.8 Å². The lowest BCUT2D eigenvalue weighted by atomic mass is 10.1. The summed E-state index contributed by atoms with van der Waals surface area (Å²) in [6, 6.07) is -0.345. The van der Waals surface area contributed by atoms with Crippen LogP contribution in [-0.2, 0) is 4.79 Å². The molecule has 0 radical (unpaired) electrons. The van der Waals surface area contributed by atoms with Gasteiger partial charge in [0.1, 0.15) is 6.54 Å². The Morgan fingerprint density at radius 2 is 1.76 bits per heavy atom. The first-order valence-electron chi connectivity index (χ1n) is 5.92. The molecule has 0 rings (SSSR count). The number of likely N-dealkylation sites (N-methyl/N-ethyl adjacent to an activating group) is 1. The summed E-state index contributed by atoms with van der Waals surface area (Å²) in [5.74, 6) is -0.488. The van der Waals surface area contributed by atoms with Crippen LogP contribution >= 0.6 is 0 Å². The first-order chi connectivity index (χ1) is 7.85. The fourth-order valence-corrected chi connectivity index (χ4v) is 1.68. The molecular formula is C11H21F3N2O. The Bertz CT molecular complexity index is 227. The molecule has 0 aromatic rings. The Hall–Kier alpha value is -0.780. The number of hydrogen-bond donors (Lipinski definition) is 1. The van der Waals surface area contributed by atoms with Gasteiger partial charge in [-0.05, 0) is 19.4 Å². The Kier molecular flexibility index (Phi) is 7.18. The number of alkyl halides is 3. The molecule has 0 aromatic heterocycles. The lowest BCUT2D eigenvalue weighted by molar-refractivity contribution is -0.165. The number of amides is 1. The van der Waals surface area contributed by atoms with Crippen LogP contribution in [0.2, 0.25) is 0 Å². The monoisotopic (exact) mass is 254 g/mol. The van der Waals surface area contributed by atoms with E-state index in [-0.39, 0.29) is 12.6 Å². The van der Waals surface area contributed by atoms with Gasteiger partial charge < -0.3 is 10.2 Å². The molecule has 0 aliphatic heterocycles. The molecule has 0 atom stereocenters. The summed E-state index contributed by atoms with van der Waals surface area (Å²) in [4.78, 5) is 12.6. The van der Waals surface area contributed by atoms with Crippen LogP contribution in [0.1, 0.15) is 33.6 Å². The second-order valence-corrected chi connectivity index (χ2v) is 3.89. The largest absolute Gasteiger partial charge is 0.406 e. The number of rotatable bonds is 7. The van der Waals surface area contributed by atoms with E-state index >= 15 is 0 Å². The van der Waals surface area contributed by atoms with Crippen LogP contribution in [0.4, 0.5) is 13.2 Å². The molecule has 0 fully saturated rings. The van der Waals surface area contributed by atoms with Gasteiger partial charge in [-0.1, -0.05) is 20.8 Å². The zero-order valence-electron chi connectivity index (χ0n) is 10.6. The van der Waals surface area contributed by atoms with Crippen molar-refractivity contribution in [2.45, 2.75) is 45.8 Å². The summed E-state index contributed by atoms with van der Waals surface area (Å²) < 4.78 is 37.2. The van der Waals surface area contributed by atoms with Crippen molar-refractivity contribution < 1.29 is 18.0 Å². The van der Waals surface area contributed by atoms with Crippen LogP contribution in [0.3, 0.4) is 0 Å². The molecular weight excluding hydrogens is 233 g/mol. The van der Waals surface area contributed by atoms with Crippen molar-refractivity contribution in [3.05, 3.63) is 0 Å². The van der Waals surface area contributed by atoms with E-state index < -0.39 is 18.6 Å². The molecule has 0 saturated heterocycles. The molecule has 0 aliphatic rings. The molecule has 0 saturated carbocycles. The van der Waals surface area contributed by atoms with Crippen LogP contribution in [0.25, 0.3) is 0 Å². The van der Waals surface area contributed by atoms with Crippen molar-refractivity contribution in [2.24, 2.45) is 0 Å². The predicted molar refractivity (Wildman–Crippen MR) is 60.7 cm³/mol. The van der Waals surface area contributed by atoms with Crippen LogP contribution < -0.4 is 5.32 Å². The van der Waals surface area contributed by atoms with Crippen molar-refractivity contribution in [3.63, 3.8) is 0 Å². The summed E-state index contributed by atoms with van der Waals surface area (Å²) in [5, 5.41) is 2.76. The molecule has 0 heterocycles. The zero-order valence-corrected chi connectivity index (χ0v) is 10.6. The van der Waals surface area contributed by atoms with E-state index in [0.717, 1.165) is 4.90 Å². The van der Waals surface area contributed by atoms with Crippen molar-refractivity contribution in [2.75, 3.05) is 19.6 Å². The molecule has 0 bridgehead atoms. The maximum Gasteiger partial charge on any atom is 0.406 e. The minimum atomic E-state index is -4.34. The maximum absolute atomic E-state index is 12.4. The highest BCUT2D eigenvalue weighted by Crippen LogP contribution is 2.20. The lowest BCUT2D eigenvalue weighted by Crippen LogP contribution is -2.48. The Balaban J connectivity index is 4.65. The van der Waals surface area contributed by atoms with Gasteiger partial charge in [0.05, 0.1) is 6.54 Å².